The van der Waals surface area contributed by atoms with E-state index >= 15 is 0 Å². The van der Waals surface area contributed by atoms with Crippen LogP contribution in [0.2, 0.25) is 0 Å². The molecule has 0 amide bonds. The number of hydrogen-bond acceptors (Lipinski definition) is 5. The van der Waals surface area contributed by atoms with Crippen molar-refractivity contribution in [1.29, 1.82) is 0 Å². The first-order valence-corrected chi connectivity index (χ1v) is 7.98. The summed E-state index contributed by atoms with van der Waals surface area (Å²) >= 11 is 0. The summed E-state index contributed by atoms with van der Waals surface area (Å²) in [7, 11) is 0. The van der Waals surface area contributed by atoms with E-state index in [1.807, 2.05) is 6.92 Å². The number of aliphatic hydroxyl groups excluding tert-OH is 2. The molecule has 2 N–H and O–H groups in total. The topological polar surface area (TPSA) is 76.0 Å². The Kier molecular flexibility index (Phi) is 12.2. The van der Waals surface area contributed by atoms with E-state index in [1.165, 1.54) is 6.92 Å². The molecule has 0 aromatic rings. The molecule has 5 nitrogen and oxygen atoms in total. The van der Waals surface area contributed by atoms with E-state index in [0.717, 1.165) is 0 Å². The van der Waals surface area contributed by atoms with Crippen LogP contribution in [0.3, 0.4) is 0 Å². The Labute approximate surface area is 139 Å². The van der Waals surface area contributed by atoms with Crippen LogP contribution in [0, 0.1) is 0 Å². The van der Waals surface area contributed by atoms with Crippen LogP contribution < -0.4 is 0 Å². The summed E-state index contributed by atoms with van der Waals surface area (Å²) in [4.78, 5) is 11.3. The van der Waals surface area contributed by atoms with Crippen molar-refractivity contribution >= 4 is 5.97 Å². The SMILES string of the molecule is C=CC[C@@H](O)[C@@H](CC)O[C@@H](C/C=C\CO)[C@H](CC=C)OC(C)=O. The molecule has 0 aliphatic carbocycles. The van der Waals surface area contributed by atoms with Crippen LogP contribution in [0.1, 0.15) is 39.5 Å². The zero-order valence-electron chi connectivity index (χ0n) is 14.2. The fourth-order valence-corrected chi connectivity index (χ4v) is 2.26. The average Bonchev–Trinajstić information content (AvgIpc) is 2.50. The van der Waals surface area contributed by atoms with E-state index < -0.39 is 24.3 Å². The minimum absolute atomic E-state index is 0.0668. The predicted octanol–water partition coefficient (Wildman–Crippen LogP) is 2.53. The molecule has 0 spiro atoms. The number of rotatable bonds is 13. The van der Waals surface area contributed by atoms with Crippen LogP contribution in [-0.4, -0.2) is 47.2 Å². The van der Waals surface area contributed by atoms with Crippen LogP contribution >= 0.6 is 0 Å². The highest BCUT2D eigenvalue weighted by Crippen LogP contribution is 2.20. The van der Waals surface area contributed by atoms with Crippen molar-refractivity contribution in [2.75, 3.05) is 6.61 Å². The van der Waals surface area contributed by atoms with Crippen LogP contribution in [-0.2, 0) is 14.3 Å². The van der Waals surface area contributed by atoms with Gasteiger partial charge in [0.2, 0.25) is 0 Å². The van der Waals surface area contributed by atoms with E-state index in [0.29, 0.717) is 25.7 Å². The van der Waals surface area contributed by atoms with E-state index in [9.17, 15) is 9.90 Å². The number of esters is 1. The van der Waals surface area contributed by atoms with Gasteiger partial charge in [-0.05, 0) is 19.3 Å². The number of carbonyl (C=O) groups excluding carboxylic acids is 1. The summed E-state index contributed by atoms with van der Waals surface area (Å²) in [5, 5.41) is 19.0. The van der Waals surface area contributed by atoms with Gasteiger partial charge in [-0.2, -0.15) is 0 Å². The Balaban J connectivity index is 5.12. The average molecular weight is 326 g/mol. The smallest absolute Gasteiger partial charge is 0.303 e. The third-order valence-corrected chi connectivity index (χ3v) is 3.36. The number of ether oxygens (including phenoxy) is 2. The lowest BCUT2D eigenvalue weighted by Gasteiger charge is -2.31. The van der Waals surface area contributed by atoms with Crippen molar-refractivity contribution in [2.45, 2.75) is 63.9 Å². The summed E-state index contributed by atoms with van der Waals surface area (Å²) in [6.07, 6.45) is 6.69. The maximum absolute atomic E-state index is 11.3. The van der Waals surface area contributed by atoms with Crippen molar-refractivity contribution in [1.82, 2.24) is 0 Å². The van der Waals surface area contributed by atoms with Gasteiger partial charge < -0.3 is 19.7 Å². The molecule has 0 aromatic carbocycles. The Morgan fingerprint density at radius 2 is 1.74 bits per heavy atom. The van der Waals surface area contributed by atoms with Crippen molar-refractivity contribution in [3.05, 3.63) is 37.5 Å². The summed E-state index contributed by atoms with van der Waals surface area (Å²) < 4.78 is 11.4. The van der Waals surface area contributed by atoms with Crippen LogP contribution in [0.5, 0.6) is 0 Å². The van der Waals surface area contributed by atoms with Crippen LogP contribution in [0.25, 0.3) is 0 Å². The van der Waals surface area contributed by atoms with Crippen molar-refractivity contribution in [3.8, 4) is 0 Å². The van der Waals surface area contributed by atoms with Gasteiger partial charge in [-0.3, -0.25) is 4.79 Å². The third kappa shape index (κ3) is 9.33. The Hall–Kier alpha value is -1.43. The van der Waals surface area contributed by atoms with E-state index in [2.05, 4.69) is 13.2 Å². The molecule has 132 valence electrons. The molecule has 0 saturated heterocycles. The van der Waals surface area contributed by atoms with E-state index in [4.69, 9.17) is 14.6 Å². The molecule has 5 heteroatoms. The maximum atomic E-state index is 11.3. The van der Waals surface area contributed by atoms with Crippen molar-refractivity contribution in [3.63, 3.8) is 0 Å². The van der Waals surface area contributed by atoms with Gasteiger partial charge in [-0.1, -0.05) is 31.2 Å². The highest BCUT2D eigenvalue weighted by Gasteiger charge is 2.28. The largest absolute Gasteiger partial charge is 0.459 e. The summed E-state index contributed by atoms with van der Waals surface area (Å²) in [5.74, 6) is -0.392. The maximum Gasteiger partial charge on any atom is 0.303 e. The Morgan fingerprint density at radius 3 is 2.22 bits per heavy atom. The van der Waals surface area contributed by atoms with Gasteiger partial charge in [-0.25, -0.2) is 0 Å². The van der Waals surface area contributed by atoms with E-state index in [-0.39, 0.29) is 12.7 Å². The number of hydrogen-bond donors (Lipinski definition) is 2. The zero-order chi connectivity index (χ0) is 17.7. The molecule has 0 bridgehead atoms. The van der Waals surface area contributed by atoms with Gasteiger partial charge in [0, 0.05) is 13.3 Å². The highest BCUT2D eigenvalue weighted by molar-refractivity contribution is 5.66. The van der Waals surface area contributed by atoms with Crippen molar-refractivity contribution in [2.24, 2.45) is 0 Å². The summed E-state index contributed by atoms with van der Waals surface area (Å²) in [6, 6.07) is 0. The second-order valence-electron chi connectivity index (χ2n) is 5.27. The van der Waals surface area contributed by atoms with Crippen LogP contribution in [0.15, 0.2) is 37.5 Å². The van der Waals surface area contributed by atoms with Crippen molar-refractivity contribution < 1.29 is 24.5 Å². The zero-order valence-corrected chi connectivity index (χ0v) is 14.2. The molecule has 0 saturated carbocycles. The lowest BCUT2D eigenvalue weighted by atomic mass is 10.0. The first-order valence-electron chi connectivity index (χ1n) is 7.98. The fourth-order valence-electron chi connectivity index (χ4n) is 2.26. The van der Waals surface area contributed by atoms with Gasteiger partial charge in [-0.15, -0.1) is 13.2 Å². The van der Waals surface area contributed by atoms with Gasteiger partial charge in [0.25, 0.3) is 0 Å². The molecule has 0 aliphatic rings. The first-order chi connectivity index (χ1) is 11.0. The summed E-state index contributed by atoms with van der Waals surface area (Å²) in [6.45, 7) is 10.5. The standard InChI is InChI=1S/C18H30O5/c1-5-10-15(21)16(7-3)23-18(12-8-9-13-19)17(11-6-2)22-14(4)20/h5-6,8-9,15-19,21H,1-2,7,10-13H2,3-4H3/b9-8-/t15-,16-,17+,18+/m1/s1. The molecular formula is C18H30O5. The second kappa shape index (κ2) is 13.0. The minimum Gasteiger partial charge on any atom is -0.459 e. The van der Waals surface area contributed by atoms with Gasteiger partial charge in [0.15, 0.2) is 0 Å². The molecule has 0 heterocycles. The first kappa shape index (κ1) is 21.6. The minimum atomic E-state index is -0.663. The lowest BCUT2D eigenvalue weighted by molar-refractivity contribution is -0.163. The molecule has 0 aliphatic heterocycles. The fraction of sp³-hybridized carbons (Fsp3) is 0.611. The number of aliphatic hydroxyl groups is 2. The molecule has 0 rings (SSSR count). The lowest BCUT2D eigenvalue weighted by Crippen LogP contribution is -2.39. The van der Waals surface area contributed by atoms with Gasteiger partial charge >= 0.3 is 5.97 Å². The Bertz CT molecular complexity index is 378. The molecule has 0 radical (unpaired) electrons. The van der Waals surface area contributed by atoms with Gasteiger partial charge in [0.05, 0.1) is 24.9 Å². The molecule has 23 heavy (non-hydrogen) atoms. The Morgan fingerprint density at radius 1 is 1.09 bits per heavy atom. The monoisotopic (exact) mass is 326 g/mol. The third-order valence-electron chi connectivity index (χ3n) is 3.36. The molecule has 0 unspecified atom stereocenters. The summed E-state index contributed by atoms with van der Waals surface area (Å²) in [5.41, 5.74) is 0. The number of carbonyl (C=O) groups is 1. The molecule has 0 fully saturated rings. The molecule has 4 atom stereocenters. The normalized spacial score (nSPS) is 16.5. The second-order valence-corrected chi connectivity index (χ2v) is 5.27. The van der Waals surface area contributed by atoms with Gasteiger partial charge in [0.1, 0.15) is 6.10 Å². The quantitative estimate of drug-likeness (QED) is 0.402. The predicted molar refractivity (Wildman–Crippen MR) is 91.0 cm³/mol. The highest BCUT2D eigenvalue weighted by atomic mass is 16.6. The van der Waals surface area contributed by atoms with E-state index in [1.54, 1.807) is 24.3 Å². The molecular weight excluding hydrogens is 296 g/mol. The molecule has 0 aromatic heterocycles. The van der Waals surface area contributed by atoms with Crippen LogP contribution in [0.4, 0.5) is 0 Å².